The lowest BCUT2D eigenvalue weighted by Gasteiger charge is -2.37. The second kappa shape index (κ2) is 12.7. The minimum absolute atomic E-state index is 0.0543. The molecule has 3 aromatic rings. The van der Waals surface area contributed by atoms with E-state index in [0.29, 0.717) is 49.1 Å². The number of carbonyl (C=O) groups is 1. The van der Waals surface area contributed by atoms with E-state index in [1.165, 1.54) is 12.1 Å². The van der Waals surface area contributed by atoms with Crippen molar-refractivity contribution in [3.8, 4) is 5.75 Å². The van der Waals surface area contributed by atoms with Crippen LogP contribution >= 0.6 is 11.6 Å². The van der Waals surface area contributed by atoms with Crippen molar-refractivity contribution < 1.29 is 27.4 Å². The standard InChI is InChI=1S/C29H30ClF3N2O3/c1-21(38-26-5-3-2-4-6-26)28(36)35-17-15-34(16-18-35)19-27(23-9-13-25(30)14-10-23)37-20-22-7-11-24(12-8-22)29(31,32)33/h2-14,21,27H,15-20H2,1H3/t21-,27+/m0/s1. The summed E-state index contributed by atoms with van der Waals surface area (Å²) >= 11 is 6.06. The lowest BCUT2D eigenvalue weighted by atomic mass is 10.1. The molecule has 38 heavy (non-hydrogen) atoms. The van der Waals surface area contributed by atoms with Crippen molar-refractivity contribution in [1.82, 2.24) is 9.80 Å². The summed E-state index contributed by atoms with van der Waals surface area (Å²) in [5, 5.41) is 0.606. The van der Waals surface area contributed by atoms with Gasteiger partial charge in [0.05, 0.1) is 18.3 Å². The summed E-state index contributed by atoms with van der Waals surface area (Å²) in [5.74, 6) is 0.601. The number of alkyl halides is 3. The zero-order chi connectivity index (χ0) is 27.1. The Morgan fingerprint density at radius 1 is 0.921 bits per heavy atom. The molecule has 1 amide bonds. The van der Waals surface area contributed by atoms with E-state index in [1.807, 2.05) is 47.4 Å². The molecule has 0 saturated carbocycles. The number of piperazine rings is 1. The molecule has 1 fully saturated rings. The molecule has 0 aromatic heterocycles. The molecule has 2 atom stereocenters. The highest BCUT2D eigenvalue weighted by molar-refractivity contribution is 6.30. The molecule has 0 N–H and O–H groups in total. The van der Waals surface area contributed by atoms with E-state index in [2.05, 4.69) is 4.90 Å². The number of rotatable bonds is 9. The average Bonchev–Trinajstić information content (AvgIpc) is 2.92. The van der Waals surface area contributed by atoms with Crippen molar-refractivity contribution >= 4 is 17.5 Å². The minimum Gasteiger partial charge on any atom is -0.481 e. The fourth-order valence-electron chi connectivity index (χ4n) is 4.31. The molecule has 0 aliphatic carbocycles. The number of hydrogen-bond donors (Lipinski definition) is 0. The van der Waals surface area contributed by atoms with E-state index in [0.717, 1.165) is 17.7 Å². The highest BCUT2D eigenvalue weighted by atomic mass is 35.5. The maximum atomic E-state index is 12.9. The summed E-state index contributed by atoms with van der Waals surface area (Å²) in [4.78, 5) is 16.9. The average molecular weight is 547 g/mol. The molecular weight excluding hydrogens is 517 g/mol. The number of hydrogen-bond acceptors (Lipinski definition) is 4. The molecule has 0 unspecified atom stereocenters. The van der Waals surface area contributed by atoms with E-state index < -0.39 is 17.8 Å². The fourth-order valence-corrected chi connectivity index (χ4v) is 4.44. The number of halogens is 4. The Morgan fingerprint density at radius 2 is 1.55 bits per heavy atom. The summed E-state index contributed by atoms with van der Waals surface area (Å²) in [5.41, 5.74) is 0.885. The summed E-state index contributed by atoms with van der Waals surface area (Å²) in [6.07, 6.45) is -5.28. The lowest BCUT2D eigenvalue weighted by molar-refractivity contribution is -0.140. The summed E-state index contributed by atoms with van der Waals surface area (Å²) in [6.45, 7) is 4.95. The van der Waals surface area contributed by atoms with Gasteiger partial charge in [0, 0.05) is 37.7 Å². The first-order valence-electron chi connectivity index (χ1n) is 12.4. The van der Waals surface area contributed by atoms with E-state index in [1.54, 1.807) is 19.1 Å². The van der Waals surface area contributed by atoms with Gasteiger partial charge in [-0.05, 0) is 54.4 Å². The van der Waals surface area contributed by atoms with E-state index in [-0.39, 0.29) is 18.6 Å². The van der Waals surface area contributed by atoms with Gasteiger partial charge in [-0.25, -0.2) is 0 Å². The molecule has 1 aliphatic rings. The van der Waals surface area contributed by atoms with Crippen molar-refractivity contribution in [2.75, 3.05) is 32.7 Å². The number of para-hydroxylation sites is 1. The van der Waals surface area contributed by atoms with Gasteiger partial charge in [0.15, 0.2) is 6.10 Å². The molecule has 1 heterocycles. The predicted octanol–water partition coefficient (Wildman–Crippen LogP) is 6.23. The van der Waals surface area contributed by atoms with Gasteiger partial charge in [-0.3, -0.25) is 9.69 Å². The van der Waals surface area contributed by atoms with Crippen molar-refractivity contribution in [3.63, 3.8) is 0 Å². The van der Waals surface area contributed by atoms with Gasteiger partial charge in [-0.15, -0.1) is 0 Å². The molecule has 9 heteroatoms. The number of nitrogens with zero attached hydrogens (tertiary/aromatic N) is 2. The predicted molar refractivity (Wildman–Crippen MR) is 140 cm³/mol. The first kappa shape index (κ1) is 28.0. The second-order valence-corrected chi connectivity index (χ2v) is 9.68. The van der Waals surface area contributed by atoms with E-state index >= 15 is 0 Å². The molecule has 3 aromatic carbocycles. The monoisotopic (exact) mass is 546 g/mol. The van der Waals surface area contributed by atoms with Crippen LogP contribution in [0.25, 0.3) is 0 Å². The second-order valence-electron chi connectivity index (χ2n) is 9.24. The van der Waals surface area contributed by atoms with Crippen molar-refractivity contribution in [1.29, 1.82) is 0 Å². The fraction of sp³-hybridized carbons (Fsp3) is 0.345. The normalized spacial score (nSPS) is 16.2. The third kappa shape index (κ3) is 7.72. The van der Waals surface area contributed by atoms with Crippen LogP contribution in [0.15, 0.2) is 78.9 Å². The van der Waals surface area contributed by atoms with Gasteiger partial charge in [-0.2, -0.15) is 13.2 Å². The minimum atomic E-state index is -4.37. The third-order valence-corrected chi connectivity index (χ3v) is 6.74. The lowest BCUT2D eigenvalue weighted by Crippen LogP contribution is -2.52. The summed E-state index contributed by atoms with van der Waals surface area (Å²) < 4.78 is 50.7. The molecule has 5 nitrogen and oxygen atoms in total. The Labute approximate surface area is 225 Å². The van der Waals surface area contributed by atoms with E-state index in [9.17, 15) is 18.0 Å². The molecular formula is C29H30ClF3N2O3. The summed E-state index contributed by atoms with van der Waals surface area (Å²) in [6, 6.07) is 21.6. The molecule has 0 radical (unpaired) electrons. The van der Waals surface area contributed by atoms with Crippen molar-refractivity contribution in [3.05, 3.63) is 101 Å². The van der Waals surface area contributed by atoms with Crippen LogP contribution in [0.1, 0.15) is 29.7 Å². The topological polar surface area (TPSA) is 42.0 Å². The largest absolute Gasteiger partial charge is 0.481 e. The number of carbonyl (C=O) groups excluding carboxylic acids is 1. The zero-order valence-electron chi connectivity index (χ0n) is 21.0. The van der Waals surface area contributed by atoms with Gasteiger partial charge in [0.25, 0.3) is 5.91 Å². The highest BCUT2D eigenvalue weighted by Crippen LogP contribution is 2.30. The quantitative estimate of drug-likeness (QED) is 0.319. The molecule has 0 spiro atoms. The van der Waals surface area contributed by atoms with Gasteiger partial charge in [0.2, 0.25) is 0 Å². The Balaban J connectivity index is 1.34. The number of ether oxygens (including phenoxy) is 2. The van der Waals surface area contributed by atoms with Gasteiger partial charge in [0.1, 0.15) is 5.75 Å². The molecule has 1 aliphatic heterocycles. The van der Waals surface area contributed by atoms with Crippen LogP contribution in [0.2, 0.25) is 5.02 Å². The smallest absolute Gasteiger partial charge is 0.416 e. The van der Waals surface area contributed by atoms with Crippen LogP contribution in [0.5, 0.6) is 5.75 Å². The van der Waals surface area contributed by atoms with Gasteiger partial charge in [-0.1, -0.05) is 54.1 Å². The maximum absolute atomic E-state index is 12.9. The summed E-state index contributed by atoms with van der Waals surface area (Å²) in [7, 11) is 0. The third-order valence-electron chi connectivity index (χ3n) is 6.49. The Kier molecular flexibility index (Phi) is 9.31. The molecule has 202 valence electrons. The first-order chi connectivity index (χ1) is 18.2. The van der Waals surface area contributed by atoms with Crippen molar-refractivity contribution in [2.45, 2.75) is 31.9 Å². The van der Waals surface area contributed by atoms with Crippen LogP contribution in [0.4, 0.5) is 13.2 Å². The SMILES string of the molecule is C[C@H](Oc1ccccc1)C(=O)N1CCN(C[C@@H](OCc2ccc(C(F)(F)F)cc2)c2ccc(Cl)cc2)CC1. The zero-order valence-corrected chi connectivity index (χ0v) is 21.8. The number of amides is 1. The van der Waals surface area contributed by atoms with Gasteiger partial charge >= 0.3 is 6.18 Å². The van der Waals surface area contributed by atoms with Crippen LogP contribution < -0.4 is 4.74 Å². The van der Waals surface area contributed by atoms with Crippen LogP contribution in [0.3, 0.4) is 0 Å². The van der Waals surface area contributed by atoms with Crippen LogP contribution in [0, 0.1) is 0 Å². The van der Waals surface area contributed by atoms with Crippen LogP contribution in [-0.2, 0) is 22.3 Å². The van der Waals surface area contributed by atoms with Gasteiger partial charge < -0.3 is 14.4 Å². The Morgan fingerprint density at radius 3 is 2.16 bits per heavy atom. The molecule has 4 rings (SSSR count). The molecule has 1 saturated heterocycles. The van der Waals surface area contributed by atoms with E-state index in [4.69, 9.17) is 21.1 Å². The Hall–Kier alpha value is -3.07. The van der Waals surface area contributed by atoms with Crippen molar-refractivity contribution in [2.24, 2.45) is 0 Å². The Bertz CT molecular complexity index is 1170. The molecule has 0 bridgehead atoms. The van der Waals surface area contributed by atoms with Crippen LogP contribution in [-0.4, -0.2) is 54.5 Å². The number of benzene rings is 3. The highest BCUT2D eigenvalue weighted by Gasteiger charge is 2.30. The first-order valence-corrected chi connectivity index (χ1v) is 12.8. The maximum Gasteiger partial charge on any atom is 0.416 e.